The maximum Gasteiger partial charge on any atom is 0.436 e. The molecule has 0 atom stereocenters. The van der Waals surface area contributed by atoms with Crippen LogP contribution in [0.4, 0.5) is 10.5 Å². The molecule has 0 aromatic heterocycles. The Kier molecular flexibility index (Phi) is 4.93. The number of rotatable bonds is 4. The first-order valence-electron chi connectivity index (χ1n) is 8.09. The van der Waals surface area contributed by atoms with Crippen LogP contribution in [0, 0.1) is 0 Å². The lowest BCUT2D eigenvalue weighted by molar-refractivity contribution is 0.0133. The van der Waals surface area contributed by atoms with Crippen LogP contribution in [-0.4, -0.2) is 17.3 Å². The second-order valence-corrected chi connectivity index (χ2v) is 5.86. The van der Waals surface area contributed by atoms with Crippen molar-refractivity contribution in [1.29, 1.82) is 0 Å². The lowest BCUT2D eigenvalue weighted by Gasteiger charge is -2.27. The molecule has 0 radical (unpaired) electrons. The summed E-state index contributed by atoms with van der Waals surface area (Å²) in [5.41, 5.74) is 2.57. The SMILES string of the molecule is O=C(O)N(OC1CCCCC1)c1cccc(-c2ccccc2)c1. The van der Waals surface area contributed by atoms with Crippen molar-refractivity contribution < 1.29 is 14.7 Å². The highest BCUT2D eigenvalue weighted by Gasteiger charge is 2.23. The van der Waals surface area contributed by atoms with E-state index in [-0.39, 0.29) is 6.10 Å². The molecule has 0 unspecified atom stereocenters. The molecule has 0 saturated heterocycles. The summed E-state index contributed by atoms with van der Waals surface area (Å²) in [6.45, 7) is 0. The fraction of sp³-hybridized carbons (Fsp3) is 0.316. The zero-order valence-electron chi connectivity index (χ0n) is 13.0. The third-order valence-electron chi connectivity index (χ3n) is 4.17. The van der Waals surface area contributed by atoms with Gasteiger partial charge in [-0.3, -0.25) is 4.84 Å². The van der Waals surface area contributed by atoms with E-state index in [0.717, 1.165) is 41.9 Å². The molecule has 0 heterocycles. The van der Waals surface area contributed by atoms with Crippen LogP contribution in [0.2, 0.25) is 0 Å². The van der Waals surface area contributed by atoms with Gasteiger partial charge < -0.3 is 5.11 Å². The monoisotopic (exact) mass is 311 g/mol. The van der Waals surface area contributed by atoms with Crippen molar-refractivity contribution in [2.24, 2.45) is 0 Å². The largest absolute Gasteiger partial charge is 0.463 e. The van der Waals surface area contributed by atoms with Gasteiger partial charge in [-0.25, -0.2) is 4.79 Å². The van der Waals surface area contributed by atoms with Crippen LogP contribution in [0.5, 0.6) is 0 Å². The number of hydrogen-bond acceptors (Lipinski definition) is 2. The van der Waals surface area contributed by atoms with Gasteiger partial charge in [-0.15, -0.1) is 0 Å². The fourth-order valence-electron chi connectivity index (χ4n) is 2.98. The first-order chi connectivity index (χ1) is 11.2. The van der Waals surface area contributed by atoms with Gasteiger partial charge in [0.15, 0.2) is 0 Å². The van der Waals surface area contributed by atoms with E-state index in [2.05, 4.69) is 0 Å². The summed E-state index contributed by atoms with van der Waals surface area (Å²) < 4.78 is 0. The van der Waals surface area contributed by atoms with Gasteiger partial charge in [0.2, 0.25) is 0 Å². The number of benzene rings is 2. The Hall–Kier alpha value is -2.33. The van der Waals surface area contributed by atoms with Gasteiger partial charge in [0.1, 0.15) is 0 Å². The van der Waals surface area contributed by atoms with Crippen LogP contribution < -0.4 is 5.06 Å². The van der Waals surface area contributed by atoms with Gasteiger partial charge in [0.05, 0.1) is 11.8 Å². The summed E-state index contributed by atoms with van der Waals surface area (Å²) in [6.07, 6.45) is 4.14. The molecule has 2 aromatic rings. The molecule has 120 valence electrons. The van der Waals surface area contributed by atoms with Gasteiger partial charge in [-0.2, -0.15) is 5.06 Å². The van der Waals surface area contributed by atoms with Crippen LogP contribution in [0.15, 0.2) is 54.6 Å². The standard InChI is InChI=1S/C19H21NO3/c21-19(22)20(23-18-12-5-2-6-13-18)17-11-7-10-16(14-17)15-8-3-1-4-9-15/h1,3-4,7-11,14,18H,2,5-6,12-13H2,(H,21,22). The third-order valence-corrected chi connectivity index (χ3v) is 4.17. The van der Waals surface area contributed by atoms with Crippen molar-refractivity contribution in [2.45, 2.75) is 38.2 Å². The van der Waals surface area contributed by atoms with E-state index in [0.29, 0.717) is 5.69 Å². The van der Waals surface area contributed by atoms with E-state index in [4.69, 9.17) is 4.84 Å². The first-order valence-corrected chi connectivity index (χ1v) is 8.09. The van der Waals surface area contributed by atoms with Crippen LogP contribution in [-0.2, 0) is 4.84 Å². The number of nitrogens with zero attached hydrogens (tertiary/aromatic N) is 1. The molecular weight excluding hydrogens is 290 g/mol. The molecule has 2 aromatic carbocycles. The Morgan fingerprint density at radius 2 is 1.65 bits per heavy atom. The summed E-state index contributed by atoms with van der Waals surface area (Å²) in [6, 6.07) is 17.4. The van der Waals surface area contributed by atoms with Gasteiger partial charge in [-0.05, 0) is 36.1 Å². The Labute approximate surface area is 136 Å². The molecule has 4 heteroatoms. The maximum absolute atomic E-state index is 11.6. The summed E-state index contributed by atoms with van der Waals surface area (Å²) in [5.74, 6) is 0. The first kappa shape index (κ1) is 15.6. The Bertz CT molecular complexity index is 651. The van der Waals surface area contributed by atoms with E-state index in [1.54, 1.807) is 6.07 Å². The van der Waals surface area contributed by atoms with Crippen molar-refractivity contribution in [3.8, 4) is 11.1 Å². The quantitative estimate of drug-likeness (QED) is 0.799. The van der Waals surface area contributed by atoms with E-state index < -0.39 is 6.09 Å². The topological polar surface area (TPSA) is 49.8 Å². The molecule has 1 N–H and O–H groups in total. The lowest BCUT2D eigenvalue weighted by Crippen LogP contribution is -2.35. The summed E-state index contributed by atoms with van der Waals surface area (Å²) in [7, 11) is 0. The Morgan fingerprint density at radius 3 is 2.35 bits per heavy atom. The molecule has 4 nitrogen and oxygen atoms in total. The molecule has 0 spiro atoms. The minimum atomic E-state index is -1.08. The summed E-state index contributed by atoms with van der Waals surface area (Å²) >= 11 is 0. The van der Waals surface area contributed by atoms with Crippen LogP contribution in [0.3, 0.4) is 0 Å². The second-order valence-electron chi connectivity index (χ2n) is 5.86. The zero-order valence-corrected chi connectivity index (χ0v) is 13.0. The Morgan fingerprint density at radius 1 is 0.957 bits per heavy atom. The molecule has 1 aliphatic carbocycles. The predicted octanol–water partition coefficient (Wildman–Crippen LogP) is 5.10. The molecule has 23 heavy (non-hydrogen) atoms. The molecule has 1 saturated carbocycles. The number of carbonyl (C=O) groups is 1. The van der Waals surface area contributed by atoms with Crippen molar-refractivity contribution in [3.05, 3.63) is 54.6 Å². The molecule has 3 rings (SSSR count). The van der Waals surface area contributed by atoms with Crippen LogP contribution >= 0.6 is 0 Å². The van der Waals surface area contributed by atoms with E-state index in [1.165, 1.54) is 6.42 Å². The molecule has 1 aliphatic rings. The predicted molar refractivity (Wildman–Crippen MR) is 90.3 cm³/mol. The van der Waals surface area contributed by atoms with Crippen molar-refractivity contribution in [3.63, 3.8) is 0 Å². The summed E-state index contributed by atoms with van der Waals surface area (Å²) in [4.78, 5) is 17.4. The van der Waals surface area contributed by atoms with Gasteiger partial charge in [-0.1, -0.05) is 61.7 Å². The smallest absolute Gasteiger partial charge is 0.436 e. The number of hydroxylamine groups is 1. The minimum absolute atomic E-state index is 0.0137. The molecule has 0 bridgehead atoms. The van der Waals surface area contributed by atoms with Gasteiger partial charge >= 0.3 is 6.09 Å². The highest BCUT2D eigenvalue weighted by atomic mass is 16.7. The third kappa shape index (κ3) is 3.90. The van der Waals surface area contributed by atoms with Gasteiger partial charge in [0.25, 0.3) is 0 Å². The molecule has 0 aliphatic heterocycles. The number of carboxylic acid groups (broad SMARTS) is 1. The lowest BCUT2D eigenvalue weighted by atomic mass is 9.98. The molecular formula is C19H21NO3. The van der Waals surface area contributed by atoms with Crippen molar-refractivity contribution >= 4 is 11.8 Å². The zero-order chi connectivity index (χ0) is 16.1. The number of amides is 1. The van der Waals surface area contributed by atoms with Crippen LogP contribution in [0.25, 0.3) is 11.1 Å². The average Bonchev–Trinajstić information content (AvgIpc) is 2.61. The van der Waals surface area contributed by atoms with E-state index in [1.807, 2.05) is 48.5 Å². The van der Waals surface area contributed by atoms with E-state index >= 15 is 0 Å². The summed E-state index contributed by atoms with van der Waals surface area (Å²) in [5, 5.41) is 10.5. The highest BCUT2D eigenvalue weighted by molar-refractivity contribution is 5.85. The normalized spacial score (nSPS) is 15.3. The highest BCUT2D eigenvalue weighted by Crippen LogP contribution is 2.28. The van der Waals surface area contributed by atoms with Crippen molar-refractivity contribution in [1.82, 2.24) is 0 Å². The second kappa shape index (κ2) is 7.29. The number of hydrogen-bond donors (Lipinski definition) is 1. The average molecular weight is 311 g/mol. The van der Waals surface area contributed by atoms with E-state index in [9.17, 15) is 9.90 Å². The fourth-order valence-corrected chi connectivity index (χ4v) is 2.98. The molecule has 1 amide bonds. The van der Waals surface area contributed by atoms with Crippen LogP contribution in [0.1, 0.15) is 32.1 Å². The molecule has 1 fully saturated rings. The number of anilines is 1. The van der Waals surface area contributed by atoms with Gasteiger partial charge in [0, 0.05) is 0 Å². The van der Waals surface area contributed by atoms with Crippen molar-refractivity contribution in [2.75, 3.05) is 5.06 Å². The maximum atomic E-state index is 11.6. The minimum Gasteiger partial charge on any atom is -0.463 e. The Balaban J connectivity index is 1.83.